The van der Waals surface area contributed by atoms with Crippen molar-refractivity contribution in [3.8, 4) is 5.75 Å². The number of carbonyl (C=O) groups is 1. The molecule has 1 aromatic carbocycles. The Labute approximate surface area is 121 Å². The number of carbonyl (C=O) groups excluding carboxylic acids is 1. The van der Waals surface area contributed by atoms with Gasteiger partial charge in [-0.25, -0.2) is 0 Å². The fraction of sp³-hybridized carbons (Fsp3) is 0.562. The van der Waals surface area contributed by atoms with Crippen LogP contribution in [0.5, 0.6) is 5.75 Å². The summed E-state index contributed by atoms with van der Waals surface area (Å²) in [5, 5.41) is 6.01. The average Bonchev–Trinajstić information content (AvgIpc) is 2.40. The molecule has 2 N–H and O–H groups in total. The number of nitrogens with one attached hydrogen (secondary N) is 2. The zero-order valence-electron chi connectivity index (χ0n) is 13.1. The Morgan fingerprint density at radius 3 is 2.60 bits per heavy atom. The Bertz CT molecular complexity index is 444. The van der Waals surface area contributed by atoms with Crippen molar-refractivity contribution in [1.82, 2.24) is 10.6 Å². The van der Waals surface area contributed by atoms with Crippen LogP contribution in [-0.4, -0.2) is 25.6 Å². The molecule has 0 saturated heterocycles. The SMILES string of the molecule is CNC(=O)C(C)Oc1c(C)cccc1CNCC(C)C. The van der Waals surface area contributed by atoms with Gasteiger partial charge in [-0.1, -0.05) is 32.0 Å². The van der Waals surface area contributed by atoms with Crippen LogP contribution in [0.25, 0.3) is 0 Å². The summed E-state index contributed by atoms with van der Waals surface area (Å²) >= 11 is 0. The molecular weight excluding hydrogens is 252 g/mol. The molecule has 0 aliphatic rings. The predicted octanol–water partition coefficient (Wildman–Crippen LogP) is 2.25. The van der Waals surface area contributed by atoms with Gasteiger partial charge in [-0.2, -0.15) is 0 Å². The molecule has 1 unspecified atom stereocenters. The predicted molar refractivity (Wildman–Crippen MR) is 81.9 cm³/mol. The molecule has 0 heterocycles. The summed E-state index contributed by atoms with van der Waals surface area (Å²) in [7, 11) is 1.62. The summed E-state index contributed by atoms with van der Waals surface area (Å²) in [4.78, 5) is 11.6. The van der Waals surface area contributed by atoms with Gasteiger partial charge < -0.3 is 15.4 Å². The highest BCUT2D eigenvalue weighted by Crippen LogP contribution is 2.24. The second-order valence-electron chi connectivity index (χ2n) is 5.46. The maximum Gasteiger partial charge on any atom is 0.260 e. The van der Waals surface area contributed by atoms with E-state index in [-0.39, 0.29) is 5.91 Å². The minimum Gasteiger partial charge on any atom is -0.480 e. The van der Waals surface area contributed by atoms with Gasteiger partial charge in [0, 0.05) is 19.2 Å². The highest BCUT2D eigenvalue weighted by atomic mass is 16.5. The Kier molecular flexibility index (Phi) is 6.52. The number of benzene rings is 1. The fourth-order valence-electron chi connectivity index (χ4n) is 1.95. The maximum atomic E-state index is 11.6. The summed E-state index contributed by atoms with van der Waals surface area (Å²) in [6.45, 7) is 9.81. The van der Waals surface area contributed by atoms with E-state index >= 15 is 0 Å². The molecule has 0 aliphatic carbocycles. The smallest absolute Gasteiger partial charge is 0.260 e. The molecule has 1 aromatic rings. The molecule has 20 heavy (non-hydrogen) atoms. The Balaban J connectivity index is 2.80. The Hall–Kier alpha value is -1.55. The number of para-hydroxylation sites is 1. The summed E-state index contributed by atoms with van der Waals surface area (Å²) in [6.07, 6.45) is -0.495. The van der Waals surface area contributed by atoms with Crippen molar-refractivity contribution in [2.24, 2.45) is 5.92 Å². The Morgan fingerprint density at radius 1 is 1.30 bits per heavy atom. The number of likely N-dealkylation sites (N-methyl/N-ethyl adjacent to an activating group) is 1. The normalized spacial score (nSPS) is 12.3. The molecule has 1 amide bonds. The van der Waals surface area contributed by atoms with E-state index in [4.69, 9.17) is 4.74 Å². The fourth-order valence-corrected chi connectivity index (χ4v) is 1.95. The number of hydrogen-bond donors (Lipinski definition) is 2. The van der Waals surface area contributed by atoms with E-state index in [1.54, 1.807) is 14.0 Å². The minimum atomic E-state index is -0.495. The third-order valence-corrected chi connectivity index (χ3v) is 3.07. The largest absolute Gasteiger partial charge is 0.480 e. The summed E-state index contributed by atoms with van der Waals surface area (Å²) in [6, 6.07) is 6.04. The number of amides is 1. The van der Waals surface area contributed by atoms with Gasteiger partial charge in [0.2, 0.25) is 0 Å². The molecule has 0 bridgehead atoms. The third kappa shape index (κ3) is 4.85. The first-order valence-corrected chi connectivity index (χ1v) is 7.13. The number of rotatable bonds is 7. The van der Waals surface area contributed by atoms with Crippen molar-refractivity contribution in [3.05, 3.63) is 29.3 Å². The van der Waals surface area contributed by atoms with E-state index in [0.717, 1.165) is 30.0 Å². The van der Waals surface area contributed by atoms with Crippen LogP contribution in [0.3, 0.4) is 0 Å². The van der Waals surface area contributed by atoms with Gasteiger partial charge in [0.15, 0.2) is 6.10 Å². The first kappa shape index (κ1) is 16.5. The molecule has 0 aromatic heterocycles. The number of ether oxygens (including phenoxy) is 1. The molecule has 4 nitrogen and oxygen atoms in total. The number of hydrogen-bond acceptors (Lipinski definition) is 3. The van der Waals surface area contributed by atoms with E-state index in [1.807, 2.05) is 25.1 Å². The monoisotopic (exact) mass is 278 g/mol. The first-order valence-electron chi connectivity index (χ1n) is 7.13. The summed E-state index contributed by atoms with van der Waals surface area (Å²) in [5.41, 5.74) is 2.13. The van der Waals surface area contributed by atoms with Gasteiger partial charge in [-0.3, -0.25) is 4.79 Å². The summed E-state index contributed by atoms with van der Waals surface area (Å²) < 4.78 is 5.83. The minimum absolute atomic E-state index is 0.116. The van der Waals surface area contributed by atoms with E-state index < -0.39 is 6.10 Å². The van der Waals surface area contributed by atoms with Crippen LogP contribution >= 0.6 is 0 Å². The topological polar surface area (TPSA) is 50.4 Å². The van der Waals surface area contributed by atoms with Crippen LogP contribution < -0.4 is 15.4 Å². The molecule has 4 heteroatoms. The molecule has 0 radical (unpaired) electrons. The Morgan fingerprint density at radius 2 is 2.00 bits per heavy atom. The zero-order chi connectivity index (χ0) is 15.1. The van der Waals surface area contributed by atoms with Crippen LogP contribution in [-0.2, 0) is 11.3 Å². The van der Waals surface area contributed by atoms with Crippen LogP contribution in [0.1, 0.15) is 31.9 Å². The van der Waals surface area contributed by atoms with E-state index in [1.165, 1.54) is 0 Å². The second-order valence-corrected chi connectivity index (χ2v) is 5.46. The van der Waals surface area contributed by atoms with Crippen molar-refractivity contribution in [2.75, 3.05) is 13.6 Å². The maximum absolute atomic E-state index is 11.6. The quantitative estimate of drug-likeness (QED) is 0.804. The lowest BCUT2D eigenvalue weighted by Crippen LogP contribution is -2.34. The van der Waals surface area contributed by atoms with Crippen LogP contribution in [0.2, 0.25) is 0 Å². The van der Waals surface area contributed by atoms with Gasteiger partial charge in [0.25, 0.3) is 5.91 Å². The average molecular weight is 278 g/mol. The lowest BCUT2D eigenvalue weighted by Gasteiger charge is -2.19. The van der Waals surface area contributed by atoms with E-state index in [0.29, 0.717) is 5.92 Å². The van der Waals surface area contributed by atoms with Gasteiger partial charge in [0.1, 0.15) is 5.75 Å². The number of aryl methyl sites for hydroxylation is 1. The summed E-state index contributed by atoms with van der Waals surface area (Å²) in [5.74, 6) is 1.29. The molecule has 0 spiro atoms. The van der Waals surface area contributed by atoms with E-state index in [2.05, 4.69) is 24.5 Å². The molecule has 0 saturated carbocycles. The van der Waals surface area contributed by atoms with Crippen LogP contribution in [0.4, 0.5) is 0 Å². The van der Waals surface area contributed by atoms with Gasteiger partial charge in [-0.15, -0.1) is 0 Å². The molecule has 1 atom stereocenters. The lowest BCUT2D eigenvalue weighted by molar-refractivity contribution is -0.126. The van der Waals surface area contributed by atoms with E-state index in [9.17, 15) is 4.79 Å². The first-order chi connectivity index (χ1) is 9.45. The van der Waals surface area contributed by atoms with Crippen molar-refractivity contribution in [1.29, 1.82) is 0 Å². The van der Waals surface area contributed by atoms with Gasteiger partial charge in [-0.05, 0) is 31.9 Å². The van der Waals surface area contributed by atoms with Crippen molar-refractivity contribution < 1.29 is 9.53 Å². The molecular formula is C16H26N2O2. The molecule has 0 aliphatic heterocycles. The lowest BCUT2D eigenvalue weighted by atomic mass is 10.1. The van der Waals surface area contributed by atoms with Gasteiger partial charge in [0.05, 0.1) is 0 Å². The molecule has 112 valence electrons. The van der Waals surface area contributed by atoms with Gasteiger partial charge >= 0.3 is 0 Å². The standard InChI is InChI=1S/C16H26N2O2/c1-11(2)9-18-10-14-8-6-7-12(3)15(14)20-13(4)16(19)17-5/h6-8,11,13,18H,9-10H2,1-5H3,(H,17,19). The van der Waals surface area contributed by atoms with Crippen LogP contribution in [0, 0.1) is 12.8 Å². The third-order valence-electron chi connectivity index (χ3n) is 3.07. The van der Waals surface area contributed by atoms with Crippen molar-refractivity contribution in [2.45, 2.75) is 40.3 Å². The zero-order valence-corrected chi connectivity index (χ0v) is 13.1. The molecule has 0 fully saturated rings. The highest BCUT2D eigenvalue weighted by Gasteiger charge is 2.16. The van der Waals surface area contributed by atoms with Crippen molar-refractivity contribution in [3.63, 3.8) is 0 Å². The van der Waals surface area contributed by atoms with Crippen molar-refractivity contribution >= 4 is 5.91 Å². The second kappa shape index (κ2) is 7.90. The highest BCUT2D eigenvalue weighted by molar-refractivity contribution is 5.80. The molecule has 1 rings (SSSR count). The van der Waals surface area contributed by atoms with Crippen LogP contribution in [0.15, 0.2) is 18.2 Å².